The first-order chi connectivity index (χ1) is 14.0. The molecular formula is C20H28N4O4S. The van der Waals surface area contributed by atoms with Crippen LogP contribution in [0.25, 0.3) is 0 Å². The quantitative estimate of drug-likeness (QED) is 0.704. The fourth-order valence-corrected chi connectivity index (χ4v) is 5.71. The van der Waals surface area contributed by atoms with Gasteiger partial charge in [-0.05, 0) is 37.9 Å². The fourth-order valence-electron chi connectivity index (χ4n) is 4.32. The van der Waals surface area contributed by atoms with E-state index in [2.05, 4.69) is 4.90 Å². The predicted molar refractivity (Wildman–Crippen MR) is 110 cm³/mol. The SMILES string of the molecule is COCCN1C(=O)CN(C)C(=O)c2c1sc1c2CCN(C(=O)CN2CCCC2)C1. The van der Waals surface area contributed by atoms with E-state index in [4.69, 9.17) is 4.74 Å². The highest BCUT2D eigenvalue weighted by Crippen LogP contribution is 2.41. The lowest BCUT2D eigenvalue weighted by Gasteiger charge is -2.29. The van der Waals surface area contributed by atoms with Crippen LogP contribution >= 0.6 is 11.3 Å². The van der Waals surface area contributed by atoms with E-state index in [0.717, 1.165) is 36.4 Å². The summed E-state index contributed by atoms with van der Waals surface area (Å²) in [7, 11) is 3.27. The topological polar surface area (TPSA) is 73.4 Å². The van der Waals surface area contributed by atoms with Crippen LogP contribution in [0.5, 0.6) is 0 Å². The van der Waals surface area contributed by atoms with E-state index in [1.165, 1.54) is 16.2 Å². The van der Waals surface area contributed by atoms with E-state index in [9.17, 15) is 14.4 Å². The minimum absolute atomic E-state index is 0.0686. The number of rotatable bonds is 5. The molecule has 1 saturated heterocycles. The zero-order valence-electron chi connectivity index (χ0n) is 17.1. The Morgan fingerprint density at radius 1 is 1.14 bits per heavy atom. The molecule has 0 spiro atoms. The molecule has 3 amide bonds. The second-order valence-electron chi connectivity index (χ2n) is 7.93. The van der Waals surface area contributed by atoms with Gasteiger partial charge in [0.15, 0.2) is 0 Å². The van der Waals surface area contributed by atoms with Crippen molar-refractivity contribution in [2.75, 3.05) is 64.9 Å². The lowest BCUT2D eigenvalue weighted by atomic mass is 10.0. The van der Waals surface area contributed by atoms with Gasteiger partial charge in [0.25, 0.3) is 5.91 Å². The van der Waals surface area contributed by atoms with Crippen LogP contribution in [-0.4, -0.2) is 92.5 Å². The summed E-state index contributed by atoms with van der Waals surface area (Å²) in [6, 6.07) is 0. The van der Waals surface area contributed by atoms with Gasteiger partial charge in [-0.25, -0.2) is 0 Å². The summed E-state index contributed by atoms with van der Waals surface area (Å²) in [5, 5.41) is 0.709. The second-order valence-corrected chi connectivity index (χ2v) is 9.02. The first kappa shape index (κ1) is 20.3. The lowest BCUT2D eigenvalue weighted by molar-refractivity contribution is -0.133. The van der Waals surface area contributed by atoms with Gasteiger partial charge in [0.2, 0.25) is 11.8 Å². The zero-order valence-corrected chi connectivity index (χ0v) is 17.9. The molecule has 0 radical (unpaired) electrons. The predicted octanol–water partition coefficient (Wildman–Crippen LogP) is 0.794. The zero-order chi connectivity index (χ0) is 20.5. The van der Waals surface area contributed by atoms with Gasteiger partial charge in [0, 0.05) is 25.6 Å². The number of likely N-dealkylation sites (tertiary alicyclic amines) is 1. The van der Waals surface area contributed by atoms with E-state index in [1.54, 1.807) is 19.1 Å². The summed E-state index contributed by atoms with van der Waals surface area (Å²) >= 11 is 1.48. The van der Waals surface area contributed by atoms with E-state index >= 15 is 0 Å². The normalized spacial score (nSPS) is 20.1. The molecule has 3 aliphatic heterocycles. The molecule has 1 aromatic rings. The number of hydrogen-bond acceptors (Lipinski definition) is 6. The molecule has 4 heterocycles. The Morgan fingerprint density at radius 3 is 2.62 bits per heavy atom. The van der Waals surface area contributed by atoms with Gasteiger partial charge >= 0.3 is 0 Å². The van der Waals surface area contributed by atoms with Crippen molar-refractivity contribution in [1.29, 1.82) is 0 Å². The standard InChI is InChI=1S/C20H28N4O4S/c1-21-12-17(26)24(9-10-28-2)20-18(19(21)27)14-5-8-23(11-15(14)29-20)16(25)13-22-6-3-4-7-22/h3-13H2,1-2H3. The first-order valence-electron chi connectivity index (χ1n) is 10.2. The third-order valence-corrected chi connectivity index (χ3v) is 7.19. The van der Waals surface area contributed by atoms with Gasteiger partial charge in [0.05, 0.1) is 31.8 Å². The smallest absolute Gasteiger partial charge is 0.257 e. The Labute approximate surface area is 175 Å². The highest BCUT2D eigenvalue weighted by molar-refractivity contribution is 7.17. The van der Waals surface area contributed by atoms with Crippen LogP contribution in [0, 0.1) is 0 Å². The minimum atomic E-state index is -0.109. The number of nitrogens with zero attached hydrogens (tertiary/aromatic N) is 4. The summed E-state index contributed by atoms with van der Waals surface area (Å²) in [6.07, 6.45) is 2.98. The molecule has 158 valence electrons. The summed E-state index contributed by atoms with van der Waals surface area (Å²) in [5.41, 5.74) is 1.64. The molecule has 29 heavy (non-hydrogen) atoms. The van der Waals surface area contributed by atoms with E-state index in [0.29, 0.717) is 49.8 Å². The molecule has 0 aliphatic carbocycles. The number of thiophene rings is 1. The molecule has 0 unspecified atom stereocenters. The van der Waals surface area contributed by atoms with Gasteiger partial charge < -0.3 is 14.5 Å². The summed E-state index contributed by atoms with van der Waals surface area (Å²) in [5.74, 6) is -0.0586. The number of methoxy groups -OCH3 is 1. The van der Waals surface area contributed by atoms with Crippen molar-refractivity contribution in [2.24, 2.45) is 0 Å². The second kappa shape index (κ2) is 8.41. The van der Waals surface area contributed by atoms with Crippen LogP contribution in [0.2, 0.25) is 0 Å². The Bertz CT molecular complexity index is 818. The van der Waals surface area contributed by atoms with Gasteiger partial charge in [0.1, 0.15) is 11.5 Å². The van der Waals surface area contributed by atoms with Crippen LogP contribution in [-0.2, 0) is 27.3 Å². The van der Waals surface area contributed by atoms with Crippen LogP contribution in [0.3, 0.4) is 0 Å². The number of amides is 3. The molecule has 4 rings (SSSR count). The Balaban J connectivity index is 1.60. The van der Waals surface area contributed by atoms with E-state index < -0.39 is 0 Å². The van der Waals surface area contributed by atoms with Crippen LogP contribution in [0.15, 0.2) is 0 Å². The van der Waals surface area contributed by atoms with Crippen molar-refractivity contribution in [1.82, 2.24) is 14.7 Å². The third-order valence-electron chi connectivity index (χ3n) is 5.95. The molecule has 8 nitrogen and oxygen atoms in total. The van der Waals surface area contributed by atoms with Crippen LogP contribution < -0.4 is 4.90 Å². The number of carbonyl (C=O) groups excluding carboxylic acids is 3. The fraction of sp³-hybridized carbons (Fsp3) is 0.650. The number of likely N-dealkylation sites (N-methyl/N-ethyl adjacent to an activating group) is 1. The number of hydrogen-bond donors (Lipinski definition) is 0. The summed E-state index contributed by atoms with van der Waals surface area (Å²) in [6.45, 7) is 4.49. The minimum Gasteiger partial charge on any atom is -0.383 e. The first-order valence-corrected chi connectivity index (χ1v) is 11.0. The Morgan fingerprint density at radius 2 is 1.90 bits per heavy atom. The maximum Gasteiger partial charge on any atom is 0.257 e. The Hall–Kier alpha value is -1.97. The molecule has 0 N–H and O–H groups in total. The average Bonchev–Trinajstić information content (AvgIpc) is 3.32. The number of anilines is 1. The van der Waals surface area contributed by atoms with Crippen molar-refractivity contribution in [2.45, 2.75) is 25.8 Å². The summed E-state index contributed by atoms with van der Waals surface area (Å²) < 4.78 is 5.17. The molecular weight excluding hydrogens is 392 g/mol. The number of ether oxygens (including phenoxy) is 1. The van der Waals surface area contributed by atoms with Gasteiger partial charge in [-0.3, -0.25) is 24.2 Å². The maximum atomic E-state index is 13.0. The molecule has 1 aromatic heterocycles. The molecule has 0 saturated carbocycles. The van der Waals surface area contributed by atoms with E-state index in [-0.39, 0.29) is 24.3 Å². The highest BCUT2D eigenvalue weighted by atomic mass is 32.1. The maximum absolute atomic E-state index is 13.0. The number of carbonyl (C=O) groups is 3. The molecule has 0 bridgehead atoms. The molecule has 0 atom stereocenters. The monoisotopic (exact) mass is 420 g/mol. The molecule has 9 heteroatoms. The lowest BCUT2D eigenvalue weighted by Crippen LogP contribution is -2.42. The van der Waals surface area contributed by atoms with Gasteiger partial charge in [-0.15, -0.1) is 11.3 Å². The van der Waals surface area contributed by atoms with Crippen LogP contribution in [0.4, 0.5) is 5.00 Å². The van der Waals surface area contributed by atoms with Crippen molar-refractivity contribution >= 4 is 34.1 Å². The molecule has 1 fully saturated rings. The molecule has 0 aromatic carbocycles. The summed E-state index contributed by atoms with van der Waals surface area (Å²) in [4.78, 5) is 46.8. The Kier molecular flexibility index (Phi) is 5.89. The van der Waals surface area contributed by atoms with Gasteiger partial charge in [-0.2, -0.15) is 0 Å². The van der Waals surface area contributed by atoms with Crippen molar-refractivity contribution < 1.29 is 19.1 Å². The third kappa shape index (κ3) is 3.91. The van der Waals surface area contributed by atoms with Crippen molar-refractivity contribution in [3.8, 4) is 0 Å². The largest absolute Gasteiger partial charge is 0.383 e. The number of fused-ring (bicyclic) bond motifs is 3. The average molecular weight is 421 g/mol. The van der Waals surface area contributed by atoms with Crippen molar-refractivity contribution in [3.63, 3.8) is 0 Å². The highest BCUT2D eigenvalue weighted by Gasteiger charge is 2.37. The van der Waals surface area contributed by atoms with Crippen LogP contribution in [0.1, 0.15) is 33.6 Å². The van der Waals surface area contributed by atoms with E-state index in [1.807, 2.05) is 4.90 Å². The van der Waals surface area contributed by atoms with Crippen molar-refractivity contribution in [3.05, 3.63) is 16.0 Å². The van der Waals surface area contributed by atoms with Gasteiger partial charge in [-0.1, -0.05) is 0 Å². The molecule has 3 aliphatic rings.